The number of amides is 1. The van der Waals surface area contributed by atoms with E-state index in [2.05, 4.69) is 0 Å². The van der Waals surface area contributed by atoms with Crippen LogP contribution in [0.5, 0.6) is 5.75 Å². The summed E-state index contributed by atoms with van der Waals surface area (Å²) in [5.74, 6) is -0.129. The first kappa shape index (κ1) is 23.1. The number of carbonyl (C=O) groups excluding carboxylic acids is 2. The van der Waals surface area contributed by atoms with Gasteiger partial charge in [0.2, 0.25) is 5.91 Å². The number of ether oxygens (including phenoxy) is 1. The van der Waals surface area contributed by atoms with Crippen molar-refractivity contribution in [3.63, 3.8) is 0 Å². The molecule has 33 heavy (non-hydrogen) atoms. The van der Waals surface area contributed by atoms with Crippen molar-refractivity contribution in [2.45, 2.75) is 52.1 Å². The SMILES string of the molecule is CCOc1ccc(C2CC(=O)N(c3cccc(C(F)(F)F)c3)C3=C2C(=O)CC(C)(C)C3)cc1. The van der Waals surface area contributed by atoms with Crippen LogP contribution < -0.4 is 9.64 Å². The van der Waals surface area contributed by atoms with Crippen molar-refractivity contribution in [1.29, 1.82) is 0 Å². The highest BCUT2D eigenvalue weighted by Gasteiger charge is 2.44. The maximum Gasteiger partial charge on any atom is 0.416 e. The summed E-state index contributed by atoms with van der Waals surface area (Å²) in [5, 5.41) is 0. The fraction of sp³-hybridized carbons (Fsp3) is 0.385. The van der Waals surface area contributed by atoms with E-state index in [1.165, 1.54) is 17.0 Å². The zero-order chi connectivity index (χ0) is 24.0. The molecular formula is C26H26F3NO3. The predicted molar refractivity (Wildman–Crippen MR) is 119 cm³/mol. The normalized spacial score (nSPS) is 20.7. The fourth-order valence-corrected chi connectivity index (χ4v) is 4.78. The number of halogens is 3. The molecule has 4 nitrogen and oxygen atoms in total. The van der Waals surface area contributed by atoms with Gasteiger partial charge in [-0.15, -0.1) is 0 Å². The van der Waals surface area contributed by atoms with E-state index < -0.39 is 23.1 Å². The molecule has 0 aromatic heterocycles. The van der Waals surface area contributed by atoms with Crippen LogP contribution in [-0.4, -0.2) is 18.3 Å². The van der Waals surface area contributed by atoms with Gasteiger partial charge >= 0.3 is 6.18 Å². The molecule has 0 saturated carbocycles. The number of nitrogens with zero attached hydrogens (tertiary/aromatic N) is 1. The molecule has 0 radical (unpaired) electrons. The van der Waals surface area contributed by atoms with Gasteiger partial charge in [-0.1, -0.05) is 32.0 Å². The third kappa shape index (κ3) is 4.54. The van der Waals surface area contributed by atoms with Crippen LogP contribution in [-0.2, 0) is 15.8 Å². The van der Waals surface area contributed by atoms with Gasteiger partial charge in [-0.25, -0.2) is 0 Å². The van der Waals surface area contributed by atoms with Gasteiger partial charge in [0.05, 0.1) is 12.2 Å². The average Bonchev–Trinajstić information content (AvgIpc) is 2.72. The summed E-state index contributed by atoms with van der Waals surface area (Å²) in [6.45, 7) is 6.28. The second-order valence-corrected chi connectivity index (χ2v) is 9.34. The van der Waals surface area contributed by atoms with Crippen LogP contribution in [0.25, 0.3) is 0 Å². The maximum atomic E-state index is 13.4. The van der Waals surface area contributed by atoms with E-state index in [-0.39, 0.29) is 23.8 Å². The number of rotatable bonds is 4. The van der Waals surface area contributed by atoms with Crippen LogP contribution in [0.3, 0.4) is 0 Å². The van der Waals surface area contributed by atoms with E-state index in [1.54, 1.807) is 12.1 Å². The Labute approximate surface area is 191 Å². The van der Waals surface area contributed by atoms with E-state index in [1.807, 2.05) is 32.9 Å². The van der Waals surface area contributed by atoms with Crippen molar-refractivity contribution < 1.29 is 27.5 Å². The fourth-order valence-electron chi connectivity index (χ4n) is 4.78. The summed E-state index contributed by atoms with van der Waals surface area (Å²) in [6.07, 6.45) is -3.78. The topological polar surface area (TPSA) is 46.6 Å². The standard InChI is InChI=1S/C26H26F3NO3/c1-4-33-19-10-8-16(9-11-19)20-13-23(32)30(18-7-5-6-17(12-18)26(27,28)29)21-14-25(2,3)15-22(31)24(20)21/h5-12,20H,4,13-15H2,1-3H3. The molecule has 0 saturated heterocycles. The van der Waals surface area contributed by atoms with Gasteiger partial charge < -0.3 is 4.74 Å². The second-order valence-electron chi connectivity index (χ2n) is 9.34. The van der Waals surface area contributed by atoms with E-state index in [4.69, 9.17) is 4.74 Å². The molecule has 1 amide bonds. The lowest BCUT2D eigenvalue weighted by Gasteiger charge is -2.43. The van der Waals surface area contributed by atoms with Gasteiger partial charge in [-0.3, -0.25) is 14.5 Å². The molecule has 2 aliphatic rings. The Bertz CT molecular complexity index is 1120. The summed E-state index contributed by atoms with van der Waals surface area (Å²) < 4.78 is 45.5. The highest BCUT2D eigenvalue weighted by Crippen LogP contribution is 2.48. The van der Waals surface area contributed by atoms with E-state index in [9.17, 15) is 22.8 Å². The molecule has 0 N–H and O–H groups in total. The van der Waals surface area contributed by atoms with Gasteiger partial charge in [0, 0.05) is 35.7 Å². The minimum absolute atomic E-state index is 0.00916. The van der Waals surface area contributed by atoms with Crippen molar-refractivity contribution in [2.75, 3.05) is 11.5 Å². The molecule has 1 atom stereocenters. The lowest BCUT2D eigenvalue weighted by Crippen LogP contribution is -2.43. The Morgan fingerprint density at radius 3 is 2.39 bits per heavy atom. The minimum atomic E-state index is -4.53. The predicted octanol–water partition coefficient (Wildman–Crippen LogP) is 6.27. The van der Waals surface area contributed by atoms with Crippen LogP contribution >= 0.6 is 0 Å². The second kappa shape index (κ2) is 8.36. The molecule has 7 heteroatoms. The van der Waals surface area contributed by atoms with Crippen LogP contribution in [0.2, 0.25) is 0 Å². The Hall–Kier alpha value is -3.09. The van der Waals surface area contributed by atoms with Gasteiger partial charge in [0.15, 0.2) is 5.78 Å². The van der Waals surface area contributed by atoms with Crippen LogP contribution in [0.15, 0.2) is 59.8 Å². The Morgan fingerprint density at radius 1 is 1.06 bits per heavy atom. The summed E-state index contributed by atoms with van der Waals surface area (Å²) in [7, 11) is 0. The highest BCUT2D eigenvalue weighted by atomic mass is 19.4. The third-order valence-electron chi connectivity index (χ3n) is 6.17. The van der Waals surface area contributed by atoms with Crippen molar-refractivity contribution in [3.05, 3.63) is 70.9 Å². The highest BCUT2D eigenvalue weighted by molar-refractivity contribution is 6.07. The average molecular weight is 457 g/mol. The molecule has 2 aromatic carbocycles. The van der Waals surface area contributed by atoms with Crippen molar-refractivity contribution >= 4 is 17.4 Å². The third-order valence-corrected chi connectivity index (χ3v) is 6.17. The smallest absolute Gasteiger partial charge is 0.416 e. The molecule has 1 aliphatic heterocycles. The van der Waals surface area contributed by atoms with Crippen LogP contribution in [0.4, 0.5) is 18.9 Å². The summed E-state index contributed by atoms with van der Waals surface area (Å²) in [6, 6.07) is 12.0. The molecule has 0 spiro atoms. The number of ketones is 1. The number of alkyl halides is 3. The maximum absolute atomic E-state index is 13.4. The summed E-state index contributed by atoms with van der Waals surface area (Å²) in [5.41, 5.74) is 0.747. The first-order valence-electron chi connectivity index (χ1n) is 11.0. The summed E-state index contributed by atoms with van der Waals surface area (Å²) >= 11 is 0. The molecule has 2 aromatic rings. The number of allylic oxidation sites excluding steroid dienone is 2. The Kier molecular flexibility index (Phi) is 5.85. The largest absolute Gasteiger partial charge is 0.494 e. The Balaban J connectivity index is 1.84. The first-order valence-corrected chi connectivity index (χ1v) is 11.0. The molecule has 0 fully saturated rings. The molecule has 1 unspecified atom stereocenters. The monoisotopic (exact) mass is 457 g/mol. The van der Waals surface area contributed by atoms with E-state index in [0.717, 1.165) is 17.7 Å². The van der Waals surface area contributed by atoms with Crippen LogP contribution in [0.1, 0.15) is 57.1 Å². The molecule has 174 valence electrons. The first-order chi connectivity index (χ1) is 15.5. The van der Waals surface area contributed by atoms with E-state index >= 15 is 0 Å². The number of hydrogen-bond donors (Lipinski definition) is 0. The molecule has 1 heterocycles. The lowest BCUT2D eigenvalue weighted by molar-refractivity contribution is -0.137. The van der Waals surface area contributed by atoms with Gasteiger partial charge in [-0.05, 0) is 54.7 Å². The van der Waals surface area contributed by atoms with Crippen molar-refractivity contribution in [3.8, 4) is 5.75 Å². The number of hydrogen-bond acceptors (Lipinski definition) is 3. The molecule has 4 rings (SSSR count). The number of benzene rings is 2. The number of anilines is 1. The molecule has 0 bridgehead atoms. The zero-order valence-corrected chi connectivity index (χ0v) is 18.8. The van der Waals surface area contributed by atoms with Crippen molar-refractivity contribution in [2.24, 2.45) is 5.41 Å². The molecular weight excluding hydrogens is 431 g/mol. The van der Waals surface area contributed by atoms with Crippen LogP contribution in [0, 0.1) is 5.41 Å². The summed E-state index contributed by atoms with van der Waals surface area (Å²) in [4.78, 5) is 28.0. The quantitative estimate of drug-likeness (QED) is 0.544. The van der Waals surface area contributed by atoms with Gasteiger partial charge in [0.1, 0.15) is 5.75 Å². The lowest BCUT2D eigenvalue weighted by atomic mass is 9.69. The minimum Gasteiger partial charge on any atom is -0.494 e. The zero-order valence-electron chi connectivity index (χ0n) is 18.8. The van der Waals surface area contributed by atoms with Gasteiger partial charge in [0.25, 0.3) is 0 Å². The van der Waals surface area contributed by atoms with E-state index in [0.29, 0.717) is 36.5 Å². The van der Waals surface area contributed by atoms with Crippen molar-refractivity contribution in [1.82, 2.24) is 0 Å². The van der Waals surface area contributed by atoms with Gasteiger partial charge in [-0.2, -0.15) is 13.2 Å². The molecule has 1 aliphatic carbocycles. The Morgan fingerprint density at radius 2 is 1.76 bits per heavy atom. The number of Topliss-reactive ketones (excluding diaryl/α,β-unsaturated/α-hetero) is 1. The number of carbonyl (C=O) groups is 2.